The number of hydrogen-bond acceptors (Lipinski definition) is 4. The molecular weight excluding hydrogens is 447 g/mol. The van der Waals surface area contributed by atoms with Crippen LogP contribution in [0.5, 0.6) is 11.5 Å². The van der Waals surface area contributed by atoms with Crippen molar-refractivity contribution in [2.45, 2.75) is 13.5 Å². The lowest BCUT2D eigenvalue weighted by molar-refractivity contribution is -0.114. The van der Waals surface area contributed by atoms with E-state index in [1.54, 1.807) is 31.4 Å². The van der Waals surface area contributed by atoms with E-state index in [1.807, 2.05) is 55.5 Å². The molecule has 1 heterocycles. The molecule has 1 aliphatic rings. The zero-order valence-corrected chi connectivity index (χ0v) is 19.0. The average Bonchev–Trinajstić information content (AvgIpc) is 3.08. The van der Waals surface area contributed by atoms with Crippen LogP contribution in [0, 0.1) is 0 Å². The summed E-state index contributed by atoms with van der Waals surface area (Å²) in [7, 11) is 1.57. The minimum atomic E-state index is -0.176. The van der Waals surface area contributed by atoms with Gasteiger partial charge in [0, 0.05) is 15.6 Å². The van der Waals surface area contributed by atoms with Crippen LogP contribution in [-0.2, 0) is 11.4 Å². The monoisotopic (exact) mass is 466 g/mol. The number of para-hydroxylation sites is 1. The van der Waals surface area contributed by atoms with Crippen molar-refractivity contribution in [1.29, 1.82) is 0 Å². The lowest BCUT2D eigenvalue weighted by Crippen LogP contribution is -2.21. The highest BCUT2D eigenvalue weighted by atomic mass is 35.5. The quantitative estimate of drug-likeness (QED) is 0.395. The third kappa shape index (κ3) is 4.64. The smallest absolute Gasteiger partial charge is 0.280 e. The van der Waals surface area contributed by atoms with Crippen molar-refractivity contribution in [3.05, 3.63) is 93.5 Å². The molecule has 0 fully saturated rings. The Kier molecular flexibility index (Phi) is 6.49. The fraction of sp³-hybridized carbons (Fsp3) is 0.120. The Balaban J connectivity index is 1.54. The Labute approximate surface area is 196 Å². The largest absolute Gasteiger partial charge is 0.493 e. The third-order valence-corrected chi connectivity index (χ3v) is 5.55. The van der Waals surface area contributed by atoms with Gasteiger partial charge in [-0.2, -0.15) is 10.1 Å². The maximum atomic E-state index is 12.9. The number of rotatable bonds is 6. The standard InChI is InChI=1S/C25H20Cl2N2O3/c1-16-21(25(30)29(28-16)20-6-4-3-5-7-20)12-17-8-11-23(24(13-17)31-2)32-15-18-9-10-19(26)14-22(18)27/h3-14H,15H2,1-2H3/b21-12-. The van der Waals surface area contributed by atoms with Crippen LogP contribution in [0.25, 0.3) is 6.08 Å². The molecule has 0 unspecified atom stereocenters. The summed E-state index contributed by atoms with van der Waals surface area (Å²) in [5.74, 6) is 0.935. The van der Waals surface area contributed by atoms with Crippen molar-refractivity contribution in [2.24, 2.45) is 5.10 Å². The van der Waals surface area contributed by atoms with Gasteiger partial charge in [-0.1, -0.05) is 53.5 Å². The van der Waals surface area contributed by atoms with E-state index in [-0.39, 0.29) is 12.5 Å². The Morgan fingerprint density at radius 3 is 2.50 bits per heavy atom. The summed E-state index contributed by atoms with van der Waals surface area (Å²) in [5.41, 5.74) is 3.51. The lowest BCUT2D eigenvalue weighted by atomic mass is 10.1. The molecule has 0 atom stereocenters. The second-order valence-corrected chi connectivity index (χ2v) is 7.97. The Morgan fingerprint density at radius 2 is 1.78 bits per heavy atom. The molecule has 0 saturated heterocycles. The van der Waals surface area contributed by atoms with Gasteiger partial charge in [-0.05, 0) is 55.0 Å². The van der Waals surface area contributed by atoms with Gasteiger partial charge in [0.25, 0.3) is 5.91 Å². The molecule has 1 amide bonds. The topological polar surface area (TPSA) is 51.1 Å². The van der Waals surface area contributed by atoms with Crippen LogP contribution in [-0.4, -0.2) is 18.7 Å². The molecule has 3 aromatic rings. The molecule has 162 valence electrons. The van der Waals surface area contributed by atoms with Gasteiger partial charge in [-0.25, -0.2) is 0 Å². The van der Waals surface area contributed by atoms with Crippen molar-refractivity contribution in [3.63, 3.8) is 0 Å². The van der Waals surface area contributed by atoms with Crippen molar-refractivity contribution in [1.82, 2.24) is 0 Å². The molecule has 3 aromatic carbocycles. The van der Waals surface area contributed by atoms with Gasteiger partial charge in [0.05, 0.1) is 24.1 Å². The highest BCUT2D eigenvalue weighted by molar-refractivity contribution is 6.35. The van der Waals surface area contributed by atoms with E-state index in [9.17, 15) is 4.79 Å². The minimum absolute atomic E-state index is 0.176. The first-order valence-electron chi connectivity index (χ1n) is 9.88. The molecule has 0 radical (unpaired) electrons. The van der Waals surface area contributed by atoms with Crippen LogP contribution in [0.1, 0.15) is 18.1 Å². The summed E-state index contributed by atoms with van der Waals surface area (Å²) in [6.07, 6.45) is 1.80. The maximum absolute atomic E-state index is 12.9. The molecule has 5 nitrogen and oxygen atoms in total. The van der Waals surface area contributed by atoms with Gasteiger partial charge in [0.15, 0.2) is 11.5 Å². The summed E-state index contributed by atoms with van der Waals surface area (Å²) in [6, 6.07) is 20.1. The fourth-order valence-electron chi connectivity index (χ4n) is 3.28. The number of carbonyl (C=O) groups excluding carboxylic acids is 1. The number of anilines is 1. The van der Waals surface area contributed by atoms with Crippen LogP contribution < -0.4 is 14.5 Å². The minimum Gasteiger partial charge on any atom is -0.493 e. The molecule has 0 aliphatic carbocycles. The number of ether oxygens (including phenoxy) is 2. The van der Waals surface area contributed by atoms with Crippen LogP contribution in [0.2, 0.25) is 10.0 Å². The van der Waals surface area contributed by atoms with Crippen molar-refractivity contribution in [3.8, 4) is 11.5 Å². The fourth-order valence-corrected chi connectivity index (χ4v) is 3.75. The van der Waals surface area contributed by atoms with Crippen molar-refractivity contribution in [2.75, 3.05) is 12.1 Å². The normalized spacial score (nSPS) is 14.6. The summed E-state index contributed by atoms with van der Waals surface area (Å²) in [5, 5.41) is 6.92. The second-order valence-electron chi connectivity index (χ2n) is 7.13. The Bertz CT molecular complexity index is 1220. The highest BCUT2D eigenvalue weighted by Crippen LogP contribution is 2.32. The van der Waals surface area contributed by atoms with Crippen LogP contribution in [0.3, 0.4) is 0 Å². The Hall–Kier alpha value is -3.28. The number of carbonyl (C=O) groups is 1. The first-order chi connectivity index (χ1) is 15.5. The van der Waals surface area contributed by atoms with E-state index in [2.05, 4.69) is 5.10 Å². The SMILES string of the molecule is COc1cc(/C=C2\C(=O)N(c3ccccc3)N=C2C)ccc1OCc1ccc(Cl)cc1Cl. The molecule has 1 aliphatic heterocycles. The lowest BCUT2D eigenvalue weighted by Gasteiger charge is -2.13. The number of hydrogen-bond donors (Lipinski definition) is 0. The maximum Gasteiger partial charge on any atom is 0.280 e. The second kappa shape index (κ2) is 9.47. The van der Waals surface area contributed by atoms with E-state index in [1.165, 1.54) is 5.01 Å². The first-order valence-corrected chi connectivity index (χ1v) is 10.6. The van der Waals surface area contributed by atoms with Gasteiger partial charge in [-0.3, -0.25) is 4.79 Å². The molecule has 0 N–H and O–H groups in total. The van der Waals surface area contributed by atoms with E-state index in [0.29, 0.717) is 32.8 Å². The summed E-state index contributed by atoms with van der Waals surface area (Å²) < 4.78 is 11.4. The number of hydrazone groups is 1. The van der Waals surface area contributed by atoms with E-state index in [0.717, 1.165) is 16.8 Å². The van der Waals surface area contributed by atoms with Gasteiger partial charge in [-0.15, -0.1) is 0 Å². The van der Waals surface area contributed by atoms with Crippen molar-refractivity contribution >= 4 is 46.6 Å². The van der Waals surface area contributed by atoms with Crippen LogP contribution in [0.15, 0.2) is 77.4 Å². The molecule has 0 aromatic heterocycles. The molecule has 4 rings (SSSR count). The zero-order chi connectivity index (χ0) is 22.7. The van der Waals surface area contributed by atoms with E-state index < -0.39 is 0 Å². The predicted molar refractivity (Wildman–Crippen MR) is 129 cm³/mol. The third-order valence-electron chi connectivity index (χ3n) is 4.96. The van der Waals surface area contributed by atoms with Crippen molar-refractivity contribution < 1.29 is 14.3 Å². The van der Waals surface area contributed by atoms with E-state index in [4.69, 9.17) is 32.7 Å². The van der Waals surface area contributed by atoms with Gasteiger partial charge >= 0.3 is 0 Å². The van der Waals surface area contributed by atoms with Gasteiger partial charge in [0.2, 0.25) is 0 Å². The number of nitrogens with zero attached hydrogens (tertiary/aromatic N) is 2. The Morgan fingerprint density at radius 1 is 1.00 bits per heavy atom. The number of benzene rings is 3. The zero-order valence-electron chi connectivity index (χ0n) is 17.5. The molecule has 0 bridgehead atoms. The van der Waals surface area contributed by atoms with Gasteiger partial charge in [0.1, 0.15) is 6.61 Å². The van der Waals surface area contributed by atoms with Crippen LogP contribution in [0.4, 0.5) is 5.69 Å². The molecule has 0 saturated carbocycles. The van der Waals surface area contributed by atoms with Gasteiger partial charge < -0.3 is 9.47 Å². The predicted octanol–water partition coefficient (Wildman–Crippen LogP) is 6.39. The number of methoxy groups -OCH3 is 1. The molecular formula is C25H20Cl2N2O3. The average molecular weight is 467 g/mol. The molecule has 0 spiro atoms. The number of amides is 1. The van der Waals surface area contributed by atoms with Crippen LogP contribution >= 0.6 is 23.2 Å². The highest BCUT2D eigenvalue weighted by Gasteiger charge is 2.28. The summed E-state index contributed by atoms with van der Waals surface area (Å²) >= 11 is 12.2. The number of halogens is 2. The first kappa shape index (κ1) is 21.9. The molecule has 7 heteroatoms. The van der Waals surface area contributed by atoms with E-state index >= 15 is 0 Å². The summed E-state index contributed by atoms with van der Waals surface area (Å²) in [4.78, 5) is 12.9. The molecule has 32 heavy (non-hydrogen) atoms. The summed E-state index contributed by atoms with van der Waals surface area (Å²) in [6.45, 7) is 2.08.